The van der Waals surface area contributed by atoms with Crippen LogP contribution in [0.1, 0.15) is 16.8 Å². The zero-order chi connectivity index (χ0) is 11.7. The van der Waals surface area contributed by atoms with E-state index in [4.69, 9.17) is 5.26 Å². The lowest BCUT2D eigenvalue weighted by molar-refractivity contribution is 0.710. The standard InChI is InChI=1S/C12H11N5/c13-5-9-1-2-12(14-6-9)17-4-3-11-10(8-17)7-15-16-11/h1-2,6-7H,3-4,8H2,(H,15,16). The predicted molar refractivity (Wildman–Crippen MR) is 62.3 cm³/mol. The Bertz CT molecular complexity index is 563. The summed E-state index contributed by atoms with van der Waals surface area (Å²) in [6, 6.07) is 5.76. The third-order valence-electron chi connectivity index (χ3n) is 3.00. The maximum Gasteiger partial charge on any atom is 0.128 e. The molecule has 0 aliphatic carbocycles. The molecule has 17 heavy (non-hydrogen) atoms. The average molecular weight is 225 g/mol. The largest absolute Gasteiger partial charge is 0.352 e. The molecule has 3 rings (SSSR count). The fraction of sp³-hybridized carbons (Fsp3) is 0.250. The van der Waals surface area contributed by atoms with E-state index in [1.54, 1.807) is 12.3 Å². The molecular weight excluding hydrogens is 214 g/mol. The molecule has 5 nitrogen and oxygen atoms in total. The molecule has 1 N–H and O–H groups in total. The van der Waals surface area contributed by atoms with Gasteiger partial charge in [-0.1, -0.05) is 0 Å². The fourth-order valence-electron chi connectivity index (χ4n) is 2.06. The highest BCUT2D eigenvalue weighted by Gasteiger charge is 2.18. The maximum absolute atomic E-state index is 8.73. The summed E-state index contributed by atoms with van der Waals surface area (Å²) in [5, 5.41) is 15.8. The van der Waals surface area contributed by atoms with Gasteiger partial charge in [-0.25, -0.2) is 4.98 Å². The van der Waals surface area contributed by atoms with E-state index in [2.05, 4.69) is 26.2 Å². The molecule has 3 heterocycles. The summed E-state index contributed by atoms with van der Waals surface area (Å²) in [5.41, 5.74) is 3.03. The zero-order valence-corrected chi connectivity index (χ0v) is 9.22. The Hall–Kier alpha value is -2.35. The third kappa shape index (κ3) is 1.74. The van der Waals surface area contributed by atoms with E-state index in [0.29, 0.717) is 5.56 Å². The first kappa shape index (κ1) is 9.85. The van der Waals surface area contributed by atoms with Gasteiger partial charge in [0, 0.05) is 37.0 Å². The molecular formula is C12H11N5. The molecule has 0 spiro atoms. The second-order valence-electron chi connectivity index (χ2n) is 4.06. The van der Waals surface area contributed by atoms with Crippen molar-refractivity contribution in [2.75, 3.05) is 11.4 Å². The first-order chi connectivity index (χ1) is 8.36. The highest BCUT2D eigenvalue weighted by molar-refractivity contribution is 5.44. The van der Waals surface area contributed by atoms with Crippen molar-refractivity contribution in [1.82, 2.24) is 15.2 Å². The van der Waals surface area contributed by atoms with E-state index < -0.39 is 0 Å². The molecule has 0 unspecified atom stereocenters. The van der Waals surface area contributed by atoms with Crippen LogP contribution in [0.3, 0.4) is 0 Å². The van der Waals surface area contributed by atoms with Crippen LogP contribution in [-0.4, -0.2) is 21.7 Å². The van der Waals surface area contributed by atoms with Crippen LogP contribution in [-0.2, 0) is 13.0 Å². The van der Waals surface area contributed by atoms with Crippen molar-refractivity contribution in [3.8, 4) is 6.07 Å². The third-order valence-corrected chi connectivity index (χ3v) is 3.00. The Morgan fingerprint density at radius 3 is 3.06 bits per heavy atom. The molecule has 5 heteroatoms. The number of nitriles is 1. The van der Waals surface area contributed by atoms with Gasteiger partial charge in [0.15, 0.2) is 0 Å². The Labute approximate surface area is 98.7 Å². The van der Waals surface area contributed by atoms with Crippen LogP contribution in [0.2, 0.25) is 0 Å². The van der Waals surface area contributed by atoms with Crippen molar-refractivity contribution in [3.05, 3.63) is 41.3 Å². The normalized spacial score (nSPS) is 14.2. The van der Waals surface area contributed by atoms with Gasteiger partial charge in [0.2, 0.25) is 0 Å². The molecule has 0 atom stereocenters. The summed E-state index contributed by atoms with van der Waals surface area (Å²) in [4.78, 5) is 6.50. The van der Waals surface area contributed by atoms with Crippen molar-refractivity contribution in [3.63, 3.8) is 0 Å². The van der Waals surface area contributed by atoms with Gasteiger partial charge < -0.3 is 4.90 Å². The molecule has 0 fully saturated rings. The Kier molecular flexibility index (Phi) is 2.26. The number of anilines is 1. The number of nitrogens with zero attached hydrogens (tertiary/aromatic N) is 4. The minimum absolute atomic E-state index is 0.592. The van der Waals surface area contributed by atoms with E-state index >= 15 is 0 Å². The molecule has 0 saturated heterocycles. The number of hydrogen-bond acceptors (Lipinski definition) is 4. The number of nitrogens with one attached hydrogen (secondary N) is 1. The second kappa shape index (κ2) is 3.91. The topological polar surface area (TPSA) is 68.6 Å². The number of H-pyrrole nitrogens is 1. The van der Waals surface area contributed by atoms with Crippen molar-refractivity contribution in [2.45, 2.75) is 13.0 Å². The van der Waals surface area contributed by atoms with Crippen molar-refractivity contribution in [2.24, 2.45) is 0 Å². The van der Waals surface area contributed by atoms with Crippen molar-refractivity contribution < 1.29 is 0 Å². The number of fused-ring (bicyclic) bond motifs is 1. The number of pyridine rings is 1. The summed E-state index contributed by atoms with van der Waals surface area (Å²) in [6.07, 6.45) is 4.43. The molecule has 1 aliphatic heterocycles. The predicted octanol–water partition coefficient (Wildman–Crippen LogP) is 1.24. The van der Waals surface area contributed by atoms with Crippen LogP contribution in [0.15, 0.2) is 24.5 Å². The first-order valence-electron chi connectivity index (χ1n) is 5.49. The summed E-state index contributed by atoms with van der Waals surface area (Å²) in [7, 11) is 0. The first-order valence-corrected chi connectivity index (χ1v) is 5.49. The number of hydrogen-bond donors (Lipinski definition) is 1. The van der Waals surface area contributed by atoms with E-state index in [-0.39, 0.29) is 0 Å². The van der Waals surface area contributed by atoms with Crippen LogP contribution in [0.5, 0.6) is 0 Å². The fourth-order valence-corrected chi connectivity index (χ4v) is 2.06. The van der Waals surface area contributed by atoms with Crippen LogP contribution < -0.4 is 4.90 Å². The van der Waals surface area contributed by atoms with Gasteiger partial charge in [0.1, 0.15) is 11.9 Å². The van der Waals surface area contributed by atoms with Crippen LogP contribution >= 0.6 is 0 Å². The Morgan fingerprint density at radius 2 is 2.29 bits per heavy atom. The SMILES string of the molecule is N#Cc1ccc(N2CCc3[nH]ncc3C2)nc1. The number of rotatable bonds is 1. The van der Waals surface area contributed by atoms with E-state index in [9.17, 15) is 0 Å². The van der Waals surface area contributed by atoms with Crippen LogP contribution in [0.25, 0.3) is 0 Å². The molecule has 0 amide bonds. The minimum Gasteiger partial charge on any atom is -0.352 e. The highest BCUT2D eigenvalue weighted by atomic mass is 15.2. The minimum atomic E-state index is 0.592. The molecule has 1 aliphatic rings. The number of aromatic nitrogens is 3. The maximum atomic E-state index is 8.73. The molecule has 0 saturated carbocycles. The van der Waals surface area contributed by atoms with E-state index in [1.165, 1.54) is 11.3 Å². The zero-order valence-electron chi connectivity index (χ0n) is 9.22. The van der Waals surface area contributed by atoms with Gasteiger partial charge >= 0.3 is 0 Å². The monoisotopic (exact) mass is 225 g/mol. The molecule has 0 bridgehead atoms. The van der Waals surface area contributed by atoms with E-state index in [1.807, 2.05) is 12.3 Å². The highest BCUT2D eigenvalue weighted by Crippen LogP contribution is 2.21. The van der Waals surface area contributed by atoms with Gasteiger partial charge in [-0.2, -0.15) is 10.4 Å². The Balaban J connectivity index is 1.84. The summed E-state index contributed by atoms with van der Waals surface area (Å²) < 4.78 is 0. The van der Waals surface area contributed by atoms with Gasteiger partial charge in [-0.15, -0.1) is 0 Å². The summed E-state index contributed by atoms with van der Waals surface area (Å²) in [6.45, 7) is 1.75. The Morgan fingerprint density at radius 1 is 1.35 bits per heavy atom. The van der Waals surface area contributed by atoms with Crippen molar-refractivity contribution in [1.29, 1.82) is 5.26 Å². The average Bonchev–Trinajstić information content (AvgIpc) is 2.86. The lowest BCUT2D eigenvalue weighted by Crippen LogP contribution is -2.30. The second-order valence-corrected chi connectivity index (χ2v) is 4.06. The molecule has 84 valence electrons. The smallest absolute Gasteiger partial charge is 0.128 e. The number of aromatic amines is 1. The van der Waals surface area contributed by atoms with Gasteiger partial charge in [-0.3, -0.25) is 5.10 Å². The van der Waals surface area contributed by atoms with Crippen molar-refractivity contribution >= 4 is 5.82 Å². The molecule has 2 aromatic heterocycles. The summed E-state index contributed by atoms with van der Waals surface area (Å²) in [5.74, 6) is 0.913. The van der Waals surface area contributed by atoms with Gasteiger partial charge in [0.05, 0.1) is 11.8 Å². The lowest BCUT2D eigenvalue weighted by Gasteiger charge is -2.27. The van der Waals surface area contributed by atoms with Gasteiger partial charge in [0.25, 0.3) is 0 Å². The molecule has 0 aromatic carbocycles. The van der Waals surface area contributed by atoms with Crippen LogP contribution in [0, 0.1) is 11.3 Å². The lowest BCUT2D eigenvalue weighted by atomic mass is 10.1. The quantitative estimate of drug-likeness (QED) is 0.792. The summed E-state index contributed by atoms with van der Waals surface area (Å²) >= 11 is 0. The molecule has 2 aromatic rings. The molecule has 0 radical (unpaired) electrons. The van der Waals surface area contributed by atoms with Crippen LogP contribution in [0.4, 0.5) is 5.82 Å². The van der Waals surface area contributed by atoms with E-state index in [0.717, 1.165) is 25.3 Å². The van der Waals surface area contributed by atoms with Gasteiger partial charge in [-0.05, 0) is 12.1 Å².